The van der Waals surface area contributed by atoms with E-state index in [1.165, 1.54) is 77.1 Å². The topological polar surface area (TPSA) is 17.8 Å². The van der Waals surface area contributed by atoms with Gasteiger partial charge in [-0.3, -0.25) is 0 Å². The minimum atomic E-state index is -0.428. The fourth-order valence-electron chi connectivity index (χ4n) is 10.6. The molecule has 1 spiro atoms. The zero-order valence-electron chi connectivity index (χ0n) is 32.7. The predicted octanol–water partition coefficient (Wildman–Crippen LogP) is 14.7. The standard InChI is InChI=1S/C58H36N2/c1-3-16-38(17-4-1)54-33-42(34-55(59-54)39-18-5-2-6-19-39)41-28-30-56-48(32-41)49-35-53-47(36-57(49)60(56)43-29-27-37-15-7-8-20-40(37)31-43)46-23-11-14-26-52(46)58(53)50-24-12-9-21-44(50)45-22-10-13-25-51(45)58/h1-36H. The highest BCUT2D eigenvalue weighted by Crippen LogP contribution is 2.63. The summed E-state index contributed by atoms with van der Waals surface area (Å²) >= 11 is 0. The SMILES string of the molecule is c1ccc(-c2cc(-c3ccc4c(c3)c3cc5c(cc3n4-c3ccc4ccccc4c3)-c3ccccc3C53c4ccccc4-c4ccccc43)cc(-c3ccccc3)n2)cc1. The molecule has 0 amide bonds. The van der Waals surface area contributed by atoms with E-state index in [0.717, 1.165) is 39.3 Å². The van der Waals surface area contributed by atoms with Crippen LogP contribution in [0.3, 0.4) is 0 Å². The van der Waals surface area contributed by atoms with E-state index >= 15 is 0 Å². The van der Waals surface area contributed by atoms with E-state index in [-0.39, 0.29) is 0 Å². The quantitative estimate of drug-likeness (QED) is 0.175. The monoisotopic (exact) mass is 760 g/mol. The molecular formula is C58H36N2. The van der Waals surface area contributed by atoms with E-state index in [4.69, 9.17) is 4.98 Å². The van der Waals surface area contributed by atoms with Gasteiger partial charge >= 0.3 is 0 Å². The lowest BCUT2D eigenvalue weighted by Crippen LogP contribution is -2.25. The number of hydrogen-bond acceptors (Lipinski definition) is 1. The summed E-state index contributed by atoms with van der Waals surface area (Å²) in [5.41, 5.74) is 20.2. The molecule has 60 heavy (non-hydrogen) atoms. The molecular weight excluding hydrogens is 725 g/mol. The number of fused-ring (bicyclic) bond motifs is 14. The van der Waals surface area contributed by atoms with Gasteiger partial charge in [0.2, 0.25) is 0 Å². The Balaban J connectivity index is 1.12. The van der Waals surface area contributed by atoms with Crippen LogP contribution in [-0.4, -0.2) is 9.55 Å². The summed E-state index contributed by atoms with van der Waals surface area (Å²) < 4.78 is 2.49. The van der Waals surface area contributed by atoms with Gasteiger partial charge in [-0.25, -0.2) is 4.98 Å². The average Bonchev–Trinajstić information content (AvgIpc) is 3.92. The number of pyridine rings is 1. The first-order chi connectivity index (χ1) is 29.7. The van der Waals surface area contributed by atoms with Crippen LogP contribution < -0.4 is 0 Å². The lowest BCUT2D eigenvalue weighted by molar-refractivity contribution is 0.795. The molecule has 0 saturated carbocycles. The van der Waals surface area contributed by atoms with Crippen molar-refractivity contribution >= 4 is 32.6 Å². The highest BCUT2D eigenvalue weighted by atomic mass is 15.0. The van der Waals surface area contributed by atoms with Crippen molar-refractivity contribution in [1.29, 1.82) is 0 Å². The smallest absolute Gasteiger partial charge is 0.0725 e. The summed E-state index contributed by atoms with van der Waals surface area (Å²) in [6.45, 7) is 0. The first-order valence-electron chi connectivity index (χ1n) is 20.8. The molecule has 2 heteroatoms. The maximum Gasteiger partial charge on any atom is 0.0725 e. The van der Waals surface area contributed by atoms with E-state index in [9.17, 15) is 0 Å². The van der Waals surface area contributed by atoms with Crippen molar-refractivity contribution in [2.24, 2.45) is 0 Å². The highest BCUT2D eigenvalue weighted by Gasteiger charge is 2.51. The molecule has 0 radical (unpaired) electrons. The molecule has 11 aromatic rings. The minimum Gasteiger partial charge on any atom is -0.309 e. The van der Waals surface area contributed by atoms with Gasteiger partial charge in [0.25, 0.3) is 0 Å². The normalized spacial score (nSPS) is 13.1. The highest BCUT2D eigenvalue weighted by molar-refractivity contribution is 6.13. The Bertz CT molecular complexity index is 3440. The van der Waals surface area contributed by atoms with Crippen molar-refractivity contribution in [1.82, 2.24) is 9.55 Å². The Labute approximate surface area is 348 Å². The zero-order chi connectivity index (χ0) is 39.4. The predicted molar refractivity (Wildman–Crippen MR) is 249 cm³/mol. The molecule has 278 valence electrons. The van der Waals surface area contributed by atoms with E-state index in [2.05, 4.69) is 223 Å². The maximum absolute atomic E-state index is 5.21. The second-order valence-electron chi connectivity index (χ2n) is 16.3. The Hall–Kier alpha value is -7.81. The van der Waals surface area contributed by atoms with Crippen LogP contribution in [0, 0.1) is 0 Å². The lowest BCUT2D eigenvalue weighted by Gasteiger charge is -2.30. The molecule has 2 nitrogen and oxygen atoms in total. The van der Waals surface area contributed by atoms with Crippen molar-refractivity contribution in [2.45, 2.75) is 5.41 Å². The molecule has 13 rings (SSSR count). The third-order valence-electron chi connectivity index (χ3n) is 13.2. The Morgan fingerprint density at radius 1 is 0.317 bits per heavy atom. The number of rotatable bonds is 4. The third-order valence-corrected chi connectivity index (χ3v) is 13.2. The molecule has 0 N–H and O–H groups in total. The van der Waals surface area contributed by atoms with Crippen molar-refractivity contribution in [2.75, 3.05) is 0 Å². The van der Waals surface area contributed by atoms with Crippen LogP contribution in [0.1, 0.15) is 22.3 Å². The number of nitrogens with zero attached hydrogens (tertiary/aromatic N) is 2. The summed E-state index contributed by atoms with van der Waals surface area (Å²) in [6.07, 6.45) is 0. The van der Waals surface area contributed by atoms with Crippen LogP contribution >= 0.6 is 0 Å². The van der Waals surface area contributed by atoms with Crippen LogP contribution in [0.25, 0.3) is 94.2 Å². The molecule has 9 aromatic carbocycles. The van der Waals surface area contributed by atoms with Gasteiger partial charge in [-0.05, 0) is 115 Å². The summed E-state index contributed by atoms with van der Waals surface area (Å²) in [5, 5.41) is 4.93. The van der Waals surface area contributed by atoms with Crippen LogP contribution in [0.5, 0.6) is 0 Å². The Morgan fingerprint density at radius 3 is 1.48 bits per heavy atom. The van der Waals surface area contributed by atoms with Gasteiger partial charge in [0.05, 0.1) is 27.8 Å². The number of hydrogen-bond donors (Lipinski definition) is 0. The van der Waals surface area contributed by atoms with E-state index in [1.807, 2.05) is 0 Å². The molecule has 0 unspecified atom stereocenters. The van der Waals surface area contributed by atoms with Gasteiger partial charge in [0.1, 0.15) is 0 Å². The van der Waals surface area contributed by atoms with Crippen molar-refractivity contribution in [3.8, 4) is 61.6 Å². The Morgan fingerprint density at radius 2 is 0.850 bits per heavy atom. The number of aromatic nitrogens is 2. The van der Waals surface area contributed by atoms with Crippen molar-refractivity contribution in [3.63, 3.8) is 0 Å². The van der Waals surface area contributed by atoms with E-state index < -0.39 is 5.41 Å². The summed E-state index contributed by atoms with van der Waals surface area (Å²) in [5.74, 6) is 0. The van der Waals surface area contributed by atoms with Crippen LogP contribution in [0.2, 0.25) is 0 Å². The summed E-state index contributed by atoms with van der Waals surface area (Å²) in [6, 6.07) is 80.4. The zero-order valence-corrected chi connectivity index (χ0v) is 32.7. The molecule has 2 aliphatic rings. The van der Waals surface area contributed by atoms with Crippen LogP contribution in [-0.2, 0) is 5.41 Å². The molecule has 0 fully saturated rings. The number of benzene rings is 9. The van der Waals surface area contributed by atoms with E-state index in [1.54, 1.807) is 0 Å². The van der Waals surface area contributed by atoms with E-state index in [0.29, 0.717) is 0 Å². The summed E-state index contributed by atoms with van der Waals surface area (Å²) in [7, 11) is 0. The fraction of sp³-hybridized carbons (Fsp3) is 0.0172. The average molecular weight is 761 g/mol. The van der Waals surface area contributed by atoms with Gasteiger partial charge in [-0.1, -0.05) is 170 Å². The molecule has 0 saturated heterocycles. The first-order valence-corrected chi connectivity index (χ1v) is 20.8. The molecule has 2 heterocycles. The van der Waals surface area contributed by atoms with Crippen molar-refractivity contribution < 1.29 is 0 Å². The minimum absolute atomic E-state index is 0.428. The maximum atomic E-state index is 5.21. The second-order valence-corrected chi connectivity index (χ2v) is 16.3. The van der Waals surface area contributed by atoms with Gasteiger partial charge in [-0.2, -0.15) is 0 Å². The molecule has 2 aliphatic carbocycles. The van der Waals surface area contributed by atoms with Gasteiger partial charge in [0.15, 0.2) is 0 Å². The van der Waals surface area contributed by atoms with Crippen LogP contribution in [0.4, 0.5) is 0 Å². The first kappa shape index (κ1) is 33.2. The van der Waals surface area contributed by atoms with Gasteiger partial charge in [0, 0.05) is 27.6 Å². The lowest BCUT2D eigenvalue weighted by atomic mass is 9.70. The summed E-state index contributed by atoms with van der Waals surface area (Å²) in [4.78, 5) is 5.21. The van der Waals surface area contributed by atoms with Crippen molar-refractivity contribution in [3.05, 3.63) is 241 Å². The molecule has 0 atom stereocenters. The largest absolute Gasteiger partial charge is 0.309 e. The second kappa shape index (κ2) is 12.6. The molecule has 0 aliphatic heterocycles. The third kappa shape index (κ3) is 4.62. The van der Waals surface area contributed by atoms with Gasteiger partial charge in [-0.15, -0.1) is 0 Å². The van der Waals surface area contributed by atoms with Crippen LogP contribution in [0.15, 0.2) is 218 Å². The fourth-order valence-corrected chi connectivity index (χ4v) is 10.6. The molecule has 0 bridgehead atoms. The molecule has 2 aromatic heterocycles. The van der Waals surface area contributed by atoms with Gasteiger partial charge < -0.3 is 4.57 Å². The Kier molecular flexibility index (Phi) is 6.97.